The molecule has 6 nitrogen and oxygen atoms in total. The Labute approximate surface area is 195 Å². The highest BCUT2D eigenvalue weighted by molar-refractivity contribution is 5.96. The Balaban J connectivity index is 1.35. The summed E-state index contributed by atoms with van der Waals surface area (Å²) in [6.45, 7) is 5.12. The lowest BCUT2D eigenvalue weighted by Gasteiger charge is -2.36. The number of benzene rings is 3. The minimum absolute atomic E-state index is 0.00679. The molecule has 0 spiro atoms. The molecule has 1 aliphatic rings. The molecule has 2 amide bonds. The number of nitrogens with one attached hydrogen (secondary N) is 2. The standard InChI is InChI=1S/C27H30N4O2/c1-21-9-8-14-24(19-21)30-15-17-31(18-16-30)25(32)20-28-26(22-10-4-2-5-11-22)27(33)29-23-12-6-3-7-13-23/h2-14,19,26,28H,15-18,20H2,1H3,(H,29,33). The lowest BCUT2D eigenvalue weighted by atomic mass is 10.1. The summed E-state index contributed by atoms with van der Waals surface area (Å²) >= 11 is 0. The molecule has 33 heavy (non-hydrogen) atoms. The largest absolute Gasteiger partial charge is 0.368 e. The fraction of sp³-hybridized carbons (Fsp3) is 0.259. The van der Waals surface area contributed by atoms with E-state index in [1.165, 1.54) is 11.3 Å². The number of carbonyl (C=O) groups excluding carboxylic acids is 2. The van der Waals surface area contributed by atoms with Gasteiger partial charge in [-0.1, -0.05) is 60.7 Å². The summed E-state index contributed by atoms with van der Waals surface area (Å²) in [7, 11) is 0. The average molecular weight is 443 g/mol. The molecule has 3 aromatic carbocycles. The number of carbonyl (C=O) groups is 2. The van der Waals surface area contributed by atoms with E-state index in [0.717, 1.165) is 24.3 Å². The van der Waals surface area contributed by atoms with Gasteiger partial charge < -0.3 is 15.1 Å². The molecule has 4 rings (SSSR count). The highest BCUT2D eigenvalue weighted by Crippen LogP contribution is 2.19. The predicted octanol–water partition coefficient (Wildman–Crippen LogP) is 3.61. The number of rotatable bonds is 7. The van der Waals surface area contributed by atoms with Crippen LogP contribution in [0.4, 0.5) is 11.4 Å². The maximum Gasteiger partial charge on any atom is 0.246 e. The second kappa shape index (κ2) is 10.8. The van der Waals surface area contributed by atoms with E-state index in [2.05, 4.69) is 46.7 Å². The zero-order valence-electron chi connectivity index (χ0n) is 18.9. The van der Waals surface area contributed by atoms with Crippen LogP contribution in [-0.2, 0) is 9.59 Å². The molecule has 1 heterocycles. The number of aryl methyl sites for hydroxylation is 1. The topological polar surface area (TPSA) is 64.7 Å². The van der Waals surface area contributed by atoms with Gasteiger partial charge in [-0.05, 0) is 42.3 Å². The molecular weight excluding hydrogens is 412 g/mol. The van der Waals surface area contributed by atoms with Crippen LogP contribution in [0.5, 0.6) is 0 Å². The van der Waals surface area contributed by atoms with Crippen molar-refractivity contribution in [1.29, 1.82) is 0 Å². The predicted molar refractivity (Wildman–Crippen MR) is 132 cm³/mol. The van der Waals surface area contributed by atoms with E-state index >= 15 is 0 Å². The first kappa shape index (κ1) is 22.6. The normalized spacial score (nSPS) is 14.6. The SMILES string of the molecule is Cc1cccc(N2CCN(C(=O)CNC(C(=O)Nc3ccccc3)c3ccccc3)CC2)c1. The van der Waals surface area contributed by atoms with Gasteiger partial charge in [-0.2, -0.15) is 0 Å². The lowest BCUT2D eigenvalue weighted by Crippen LogP contribution is -2.51. The summed E-state index contributed by atoms with van der Waals surface area (Å²) in [5.74, 6) is -0.184. The molecule has 1 fully saturated rings. The van der Waals surface area contributed by atoms with Gasteiger partial charge in [-0.15, -0.1) is 0 Å². The van der Waals surface area contributed by atoms with E-state index in [-0.39, 0.29) is 18.4 Å². The van der Waals surface area contributed by atoms with Crippen LogP contribution >= 0.6 is 0 Å². The molecule has 3 aromatic rings. The Morgan fingerprint density at radius 3 is 2.18 bits per heavy atom. The fourth-order valence-corrected chi connectivity index (χ4v) is 4.08. The zero-order chi connectivity index (χ0) is 23.0. The lowest BCUT2D eigenvalue weighted by molar-refractivity contribution is -0.130. The van der Waals surface area contributed by atoms with E-state index in [1.807, 2.05) is 65.6 Å². The van der Waals surface area contributed by atoms with Gasteiger partial charge in [0.15, 0.2) is 0 Å². The summed E-state index contributed by atoms with van der Waals surface area (Å²) < 4.78 is 0. The summed E-state index contributed by atoms with van der Waals surface area (Å²) in [5, 5.41) is 6.13. The Hall–Kier alpha value is -3.64. The quantitative estimate of drug-likeness (QED) is 0.587. The van der Waals surface area contributed by atoms with E-state index in [0.29, 0.717) is 13.1 Å². The second-order valence-corrected chi connectivity index (χ2v) is 8.29. The maximum atomic E-state index is 13.0. The van der Waals surface area contributed by atoms with Crippen molar-refractivity contribution in [2.75, 3.05) is 42.9 Å². The summed E-state index contributed by atoms with van der Waals surface area (Å²) in [6.07, 6.45) is 0. The highest BCUT2D eigenvalue weighted by Gasteiger charge is 2.25. The number of hydrogen-bond acceptors (Lipinski definition) is 4. The van der Waals surface area contributed by atoms with E-state index in [4.69, 9.17) is 0 Å². The van der Waals surface area contributed by atoms with Crippen LogP contribution in [0.1, 0.15) is 17.2 Å². The van der Waals surface area contributed by atoms with Gasteiger partial charge in [0.2, 0.25) is 11.8 Å². The number of piperazine rings is 1. The van der Waals surface area contributed by atoms with Gasteiger partial charge in [-0.3, -0.25) is 14.9 Å². The van der Waals surface area contributed by atoms with Crippen molar-refractivity contribution < 1.29 is 9.59 Å². The number of nitrogens with zero attached hydrogens (tertiary/aromatic N) is 2. The number of anilines is 2. The molecule has 0 radical (unpaired) electrons. The third kappa shape index (κ3) is 5.99. The first-order chi connectivity index (χ1) is 16.1. The van der Waals surface area contributed by atoms with Crippen LogP contribution < -0.4 is 15.5 Å². The first-order valence-electron chi connectivity index (χ1n) is 11.3. The number of para-hydroxylation sites is 1. The van der Waals surface area contributed by atoms with Crippen molar-refractivity contribution in [2.24, 2.45) is 0 Å². The third-order valence-electron chi connectivity index (χ3n) is 5.89. The van der Waals surface area contributed by atoms with E-state index in [9.17, 15) is 9.59 Å². The third-order valence-corrected chi connectivity index (χ3v) is 5.89. The smallest absolute Gasteiger partial charge is 0.246 e. The van der Waals surface area contributed by atoms with Crippen LogP contribution in [0, 0.1) is 6.92 Å². The van der Waals surface area contributed by atoms with Gasteiger partial charge in [0, 0.05) is 37.6 Å². The van der Waals surface area contributed by atoms with Crippen molar-refractivity contribution >= 4 is 23.2 Å². The maximum absolute atomic E-state index is 13.0. The van der Waals surface area contributed by atoms with Crippen molar-refractivity contribution in [1.82, 2.24) is 10.2 Å². The van der Waals surface area contributed by atoms with Crippen molar-refractivity contribution in [3.8, 4) is 0 Å². The molecule has 1 saturated heterocycles. The van der Waals surface area contributed by atoms with E-state index < -0.39 is 6.04 Å². The summed E-state index contributed by atoms with van der Waals surface area (Å²) in [6, 6.07) is 26.7. The van der Waals surface area contributed by atoms with Crippen molar-refractivity contribution in [3.05, 3.63) is 96.1 Å². The fourth-order valence-electron chi connectivity index (χ4n) is 4.08. The molecule has 170 valence electrons. The minimum atomic E-state index is -0.621. The Morgan fingerprint density at radius 1 is 0.848 bits per heavy atom. The van der Waals surface area contributed by atoms with Crippen LogP contribution in [0.15, 0.2) is 84.9 Å². The first-order valence-corrected chi connectivity index (χ1v) is 11.3. The molecule has 0 saturated carbocycles. The van der Waals surface area contributed by atoms with E-state index in [1.54, 1.807) is 0 Å². The molecule has 0 aromatic heterocycles. The highest BCUT2D eigenvalue weighted by atomic mass is 16.2. The molecule has 6 heteroatoms. The molecule has 1 aliphatic heterocycles. The molecular formula is C27H30N4O2. The second-order valence-electron chi connectivity index (χ2n) is 8.29. The number of amides is 2. The Morgan fingerprint density at radius 2 is 1.52 bits per heavy atom. The van der Waals surface area contributed by atoms with Gasteiger partial charge in [0.05, 0.1) is 6.54 Å². The van der Waals surface area contributed by atoms with Gasteiger partial charge in [-0.25, -0.2) is 0 Å². The van der Waals surface area contributed by atoms with Gasteiger partial charge in [0.25, 0.3) is 0 Å². The van der Waals surface area contributed by atoms with Crippen molar-refractivity contribution in [3.63, 3.8) is 0 Å². The Bertz CT molecular complexity index is 1060. The summed E-state index contributed by atoms with van der Waals surface area (Å²) in [5.41, 5.74) is 3.98. The van der Waals surface area contributed by atoms with Crippen LogP contribution in [-0.4, -0.2) is 49.4 Å². The molecule has 0 aliphatic carbocycles. The number of hydrogen-bond donors (Lipinski definition) is 2. The van der Waals surface area contributed by atoms with Gasteiger partial charge in [0.1, 0.15) is 6.04 Å². The zero-order valence-corrected chi connectivity index (χ0v) is 18.9. The van der Waals surface area contributed by atoms with Crippen LogP contribution in [0.3, 0.4) is 0 Å². The summed E-state index contributed by atoms with van der Waals surface area (Å²) in [4.78, 5) is 30.1. The van der Waals surface area contributed by atoms with Crippen molar-refractivity contribution in [2.45, 2.75) is 13.0 Å². The minimum Gasteiger partial charge on any atom is -0.368 e. The average Bonchev–Trinajstić information content (AvgIpc) is 2.85. The molecule has 0 bridgehead atoms. The van der Waals surface area contributed by atoms with Crippen LogP contribution in [0.25, 0.3) is 0 Å². The van der Waals surface area contributed by atoms with Gasteiger partial charge >= 0.3 is 0 Å². The Kier molecular flexibility index (Phi) is 7.37. The monoisotopic (exact) mass is 442 g/mol. The molecule has 2 N–H and O–H groups in total. The molecule has 1 unspecified atom stereocenters. The van der Waals surface area contributed by atoms with Crippen LogP contribution in [0.2, 0.25) is 0 Å². The molecule has 1 atom stereocenters.